The quantitative estimate of drug-likeness (QED) is 0.373. The minimum absolute atomic E-state index is 0.0426. The Morgan fingerprint density at radius 1 is 1.00 bits per heavy atom. The van der Waals surface area contributed by atoms with Gasteiger partial charge in [-0.3, -0.25) is 9.59 Å². The van der Waals surface area contributed by atoms with Gasteiger partial charge in [-0.05, 0) is 12.8 Å². The van der Waals surface area contributed by atoms with E-state index in [0.717, 1.165) is 12.8 Å². The lowest BCUT2D eigenvalue weighted by molar-refractivity contribution is -0.156. The maximum Gasteiger partial charge on any atom is 0.320 e. The van der Waals surface area contributed by atoms with Gasteiger partial charge in [-0.1, -0.05) is 0 Å². The highest BCUT2D eigenvalue weighted by Crippen LogP contribution is 2.47. The maximum atomic E-state index is 11.1. The van der Waals surface area contributed by atoms with Crippen molar-refractivity contribution in [3.63, 3.8) is 0 Å². The van der Waals surface area contributed by atoms with E-state index in [1.807, 2.05) is 0 Å². The summed E-state index contributed by atoms with van der Waals surface area (Å²) in [6.45, 7) is 0. The van der Waals surface area contributed by atoms with Crippen LogP contribution in [0.25, 0.3) is 0 Å². The lowest BCUT2D eigenvalue weighted by atomic mass is 9.81. The van der Waals surface area contributed by atoms with E-state index in [2.05, 4.69) is 4.74 Å². The lowest BCUT2D eigenvalue weighted by Crippen LogP contribution is -2.29. The monoisotopic (exact) mass is 168 g/mol. The third-order valence-corrected chi connectivity index (χ3v) is 3.02. The van der Waals surface area contributed by atoms with Gasteiger partial charge in [-0.25, -0.2) is 0 Å². The number of cyclic esters (lactones) is 2. The van der Waals surface area contributed by atoms with Gasteiger partial charge < -0.3 is 9.47 Å². The average Bonchev–Trinajstić information content (AvgIpc) is 2.64. The second-order valence-corrected chi connectivity index (χ2v) is 3.58. The van der Waals surface area contributed by atoms with E-state index in [0.29, 0.717) is 0 Å². The average molecular weight is 168 g/mol. The van der Waals surface area contributed by atoms with Crippen LogP contribution in [0.2, 0.25) is 0 Å². The molecule has 0 aliphatic carbocycles. The van der Waals surface area contributed by atoms with Crippen molar-refractivity contribution in [3.05, 3.63) is 0 Å². The number of esters is 2. The van der Waals surface area contributed by atoms with Crippen molar-refractivity contribution in [3.8, 4) is 0 Å². The van der Waals surface area contributed by atoms with Gasteiger partial charge in [-0.2, -0.15) is 0 Å². The van der Waals surface area contributed by atoms with Gasteiger partial charge in [0.05, 0.1) is 24.0 Å². The van der Waals surface area contributed by atoms with Crippen molar-refractivity contribution >= 4 is 11.9 Å². The second-order valence-electron chi connectivity index (χ2n) is 3.58. The summed E-state index contributed by atoms with van der Waals surface area (Å²) in [6.07, 6.45) is 1.71. The first-order valence-electron chi connectivity index (χ1n) is 4.18. The van der Waals surface area contributed by atoms with Crippen molar-refractivity contribution in [2.24, 2.45) is 11.8 Å². The highest BCUT2D eigenvalue weighted by Gasteiger charge is 2.61. The summed E-state index contributed by atoms with van der Waals surface area (Å²) in [7, 11) is 0. The Bertz CT molecular complexity index is 246. The van der Waals surface area contributed by atoms with Gasteiger partial charge in [0.15, 0.2) is 0 Å². The molecule has 3 unspecified atom stereocenters. The standard InChI is InChI=1S/C8H8O4/c9-7-5-3-1-2-4(11-3)6(5)8(10)12-7/h3-6H,1-2H2/t3?,4?,5-,6?/m0/s1. The van der Waals surface area contributed by atoms with Crippen molar-refractivity contribution in [2.45, 2.75) is 25.0 Å². The maximum absolute atomic E-state index is 11.1. The third-order valence-electron chi connectivity index (χ3n) is 3.02. The molecule has 0 aromatic rings. The van der Waals surface area contributed by atoms with E-state index in [4.69, 9.17) is 4.74 Å². The zero-order valence-electron chi connectivity index (χ0n) is 6.36. The molecule has 12 heavy (non-hydrogen) atoms. The molecule has 3 aliphatic rings. The fourth-order valence-electron chi connectivity index (χ4n) is 2.51. The van der Waals surface area contributed by atoms with Crippen LogP contribution in [0.15, 0.2) is 0 Å². The van der Waals surface area contributed by atoms with Crippen LogP contribution in [0.3, 0.4) is 0 Å². The van der Waals surface area contributed by atoms with Gasteiger partial charge in [0.1, 0.15) is 0 Å². The summed E-state index contributed by atoms with van der Waals surface area (Å²) >= 11 is 0. The molecule has 3 saturated heterocycles. The number of hydrogen-bond acceptors (Lipinski definition) is 4. The summed E-state index contributed by atoms with van der Waals surface area (Å²) in [5.74, 6) is -1.32. The number of rotatable bonds is 0. The fraction of sp³-hybridized carbons (Fsp3) is 0.750. The summed E-state index contributed by atoms with van der Waals surface area (Å²) in [4.78, 5) is 22.3. The Hall–Kier alpha value is -0.900. The molecule has 0 radical (unpaired) electrons. The van der Waals surface area contributed by atoms with E-state index < -0.39 is 0 Å². The van der Waals surface area contributed by atoms with Gasteiger partial charge in [0, 0.05) is 0 Å². The zero-order chi connectivity index (χ0) is 8.29. The topological polar surface area (TPSA) is 52.6 Å². The van der Waals surface area contributed by atoms with E-state index in [1.54, 1.807) is 0 Å². The van der Waals surface area contributed by atoms with E-state index in [1.165, 1.54) is 0 Å². The molecular weight excluding hydrogens is 160 g/mol. The second kappa shape index (κ2) is 1.88. The zero-order valence-corrected chi connectivity index (χ0v) is 6.36. The summed E-state index contributed by atoms with van der Waals surface area (Å²) < 4.78 is 10.0. The minimum Gasteiger partial charge on any atom is -0.393 e. The molecule has 0 saturated carbocycles. The number of hydrogen-bond donors (Lipinski definition) is 0. The number of carbonyl (C=O) groups excluding carboxylic acids is 2. The number of fused-ring (bicyclic) bond motifs is 5. The molecule has 4 nitrogen and oxygen atoms in total. The summed E-state index contributed by atoms with van der Waals surface area (Å²) in [6, 6.07) is 0. The first-order valence-corrected chi connectivity index (χ1v) is 4.18. The molecule has 0 amide bonds. The number of carbonyl (C=O) groups is 2. The molecule has 3 aliphatic heterocycles. The molecule has 0 N–H and O–H groups in total. The molecule has 3 rings (SSSR count). The molecule has 4 atom stereocenters. The van der Waals surface area contributed by atoms with Gasteiger partial charge in [0.25, 0.3) is 0 Å². The van der Waals surface area contributed by atoms with Crippen molar-refractivity contribution in [1.29, 1.82) is 0 Å². The smallest absolute Gasteiger partial charge is 0.320 e. The Labute approximate surface area is 68.8 Å². The minimum atomic E-state index is -0.378. The van der Waals surface area contributed by atoms with Crippen molar-refractivity contribution in [1.82, 2.24) is 0 Å². The van der Waals surface area contributed by atoms with Crippen molar-refractivity contribution < 1.29 is 19.1 Å². The van der Waals surface area contributed by atoms with Crippen LogP contribution < -0.4 is 0 Å². The first-order chi connectivity index (χ1) is 5.77. The predicted octanol–water partition coefficient (Wildman–Crippen LogP) is -0.137. The van der Waals surface area contributed by atoms with Gasteiger partial charge >= 0.3 is 11.9 Å². The van der Waals surface area contributed by atoms with Crippen LogP contribution >= 0.6 is 0 Å². The van der Waals surface area contributed by atoms with Crippen LogP contribution in [-0.2, 0) is 19.1 Å². The lowest BCUT2D eigenvalue weighted by Gasteiger charge is -2.13. The Morgan fingerprint density at radius 3 is 2.00 bits per heavy atom. The molecule has 0 spiro atoms. The van der Waals surface area contributed by atoms with Crippen molar-refractivity contribution in [2.75, 3.05) is 0 Å². The van der Waals surface area contributed by atoms with Crippen LogP contribution in [0, 0.1) is 11.8 Å². The Morgan fingerprint density at radius 2 is 1.50 bits per heavy atom. The molecule has 0 aromatic heterocycles. The molecule has 64 valence electrons. The molecule has 2 bridgehead atoms. The first kappa shape index (κ1) is 6.60. The van der Waals surface area contributed by atoms with Gasteiger partial charge in [0.2, 0.25) is 0 Å². The molecular formula is C8H8O4. The summed E-state index contributed by atoms with van der Waals surface area (Å²) in [5, 5.41) is 0. The molecule has 3 heterocycles. The highest BCUT2D eigenvalue weighted by molar-refractivity contribution is 5.97. The van der Waals surface area contributed by atoms with Crippen LogP contribution in [0.4, 0.5) is 0 Å². The van der Waals surface area contributed by atoms with Crippen LogP contribution in [0.1, 0.15) is 12.8 Å². The molecule has 0 aromatic carbocycles. The predicted molar refractivity (Wildman–Crippen MR) is 36.0 cm³/mol. The fourth-order valence-corrected chi connectivity index (χ4v) is 2.51. The Balaban J connectivity index is 2.03. The van der Waals surface area contributed by atoms with E-state index >= 15 is 0 Å². The normalized spacial score (nSPS) is 49.7. The van der Waals surface area contributed by atoms with E-state index in [9.17, 15) is 9.59 Å². The van der Waals surface area contributed by atoms with Crippen LogP contribution in [0.5, 0.6) is 0 Å². The Kier molecular flexibility index (Phi) is 1.03. The SMILES string of the molecule is O=C1OC(=O)[C@H]2C3CCC(O3)C12. The largest absolute Gasteiger partial charge is 0.393 e. The molecule has 4 heteroatoms. The number of ether oxygens (including phenoxy) is 2. The highest BCUT2D eigenvalue weighted by atomic mass is 16.6. The van der Waals surface area contributed by atoms with Crippen LogP contribution in [-0.4, -0.2) is 24.1 Å². The van der Waals surface area contributed by atoms with Gasteiger partial charge in [-0.15, -0.1) is 0 Å². The summed E-state index contributed by atoms with van der Waals surface area (Å²) in [5.41, 5.74) is 0. The third kappa shape index (κ3) is 0.579. The van der Waals surface area contributed by atoms with E-state index in [-0.39, 0.29) is 36.0 Å². The molecule has 3 fully saturated rings.